The molecule has 1 aromatic heterocycles. The van der Waals surface area contributed by atoms with Crippen molar-refractivity contribution in [3.05, 3.63) is 50.9 Å². The number of benzene rings is 1. The average molecular weight is 542 g/mol. The first kappa shape index (κ1) is 27.4. The third-order valence-electron chi connectivity index (χ3n) is 6.72. The zero-order chi connectivity index (χ0) is 27.7. The van der Waals surface area contributed by atoms with E-state index in [9.17, 15) is 19.8 Å². The molecule has 1 aromatic carbocycles. The van der Waals surface area contributed by atoms with Gasteiger partial charge in [-0.25, -0.2) is 0 Å². The number of hydrogen-bond acceptors (Lipinski definition) is 8. The number of aliphatic hydroxyl groups excluding tert-OH is 1. The summed E-state index contributed by atoms with van der Waals surface area (Å²) in [7, 11) is 0. The summed E-state index contributed by atoms with van der Waals surface area (Å²) in [6, 6.07) is 4.19. The number of anilines is 2. The van der Waals surface area contributed by atoms with E-state index in [-0.39, 0.29) is 47.2 Å². The average Bonchev–Trinajstić information content (AvgIpc) is 3.55. The zero-order valence-electron chi connectivity index (χ0n) is 22.0. The predicted octanol–water partition coefficient (Wildman–Crippen LogP) is 2.49. The van der Waals surface area contributed by atoms with Gasteiger partial charge >= 0.3 is 0 Å². The van der Waals surface area contributed by atoms with Crippen molar-refractivity contribution in [3.8, 4) is 5.75 Å². The van der Waals surface area contributed by atoms with Crippen molar-refractivity contribution >= 4 is 39.8 Å². The number of aliphatic imine (C=N–C) groups is 2. The third kappa shape index (κ3) is 5.60. The summed E-state index contributed by atoms with van der Waals surface area (Å²) in [4.78, 5) is 36.2. The SMILES string of the molecule is CC1=C(C(N)=NC(C)C)C(C2CC2)CN1C(=O)c1ccc(Nc2s[nH]c(=O)c2C(N)=NC(C)CO)cc1O. The predicted molar refractivity (Wildman–Crippen MR) is 150 cm³/mol. The molecule has 0 spiro atoms. The fourth-order valence-corrected chi connectivity index (χ4v) is 5.48. The van der Waals surface area contributed by atoms with Crippen molar-refractivity contribution in [1.29, 1.82) is 0 Å². The van der Waals surface area contributed by atoms with Gasteiger partial charge in [0.15, 0.2) is 0 Å². The largest absolute Gasteiger partial charge is 0.507 e. The Morgan fingerprint density at radius 2 is 1.95 bits per heavy atom. The molecule has 11 nitrogen and oxygen atoms in total. The molecule has 204 valence electrons. The van der Waals surface area contributed by atoms with Crippen molar-refractivity contribution in [3.63, 3.8) is 0 Å². The number of allylic oxidation sites excluding steroid dienone is 1. The van der Waals surface area contributed by atoms with Crippen LogP contribution in [0, 0.1) is 11.8 Å². The molecule has 2 heterocycles. The molecule has 2 aliphatic rings. The lowest BCUT2D eigenvalue weighted by atomic mass is 9.95. The summed E-state index contributed by atoms with van der Waals surface area (Å²) in [5.74, 6) is 0.577. The number of phenolic OH excluding ortho intramolecular Hbond substituents is 1. The molecule has 12 heteroatoms. The number of nitrogens with one attached hydrogen (secondary N) is 2. The second-order valence-electron chi connectivity index (χ2n) is 10.1. The molecule has 1 aliphatic heterocycles. The Morgan fingerprint density at radius 3 is 2.55 bits per heavy atom. The van der Waals surface area contributed by atoms with Crippen LogP contribution in [0.25, 0.3) is 0 Å². The van der Waals surface area contributed by atoms with Crippen LogP contribution in [-0.2, 0) is 0 Å². The summed E-state index contributed by atoms with van der Waals surface area (Å²) in [6.45, 7) is 7.78. The Morgan fingerprint density at radius 1 is 1.24 bits per heavy atom. The Kier molecular flexibility index (Phi) is 7.93. The van der Waals surface area contributed by atoms with Gasteiger partial charge in [0.05, 0.1) is 18.2 Å². The minimum Gasteiger partial charge on any atom is -0.507 e. The van der Waals surface area contributed by atoms with Gasteiger partial charge < -0.3 is 31.9 Å². The lowest BCUT2D eigenvalue weighted by Crippen LogP contribution is -2.29. The van der Waals surface area contributed by atoms with Crippen LogP contribution in [0.15, 0.2) is 44.2 Å². The van der Waals surface area contributed by atoms with E-state index < -0.39 is 11.6 Å². The van der Waals surface area contributed by atoms with E-state index in [4.69, 9.17) is 11.5 Å². The molecule has 8 N–H and O–H groups in total. The van der Waals surface area contributed by atoms with Crippen LogP contribution < -0.4 is 22.3 Å². The molecule has 1 fully saturated rings. The summed E-state index contributed by atoms with van der Waals surface area (Å²) in [5.41, 5.74) is 14.4. The van der Waals surface area contributed by atoms with Crippen molar-refractivity contribution < 1.29 is 15.0 Å². The van der Waals surface area contributed by atoms with Crippen LogP contribution in [0.2, 0.25) is 0 Å². The number of carbonyl (C=O) groups excluding carboxylic acids is 1. The number of amidine groups is 2. The molecule has 1 amide bonds. The van der Waals surface area contributed by atoms with Gasteiger partial charge in [-0.2, -0.15) is 0 Å². The number of nitrogens with zero attached hydrogens (tertiary/aromatic N) is 3. The first-order valence-corrected chi connectivity index (χ1v) is 13.5. The molecule has 2 aromatic rings. The van der Waals surface area contributed by atoms with Crippen LogP contribution in [0.3, 0.4) is 0 Å². The van der Waals surface area contributed by atoms with Crippen LogP contribution >= 0.6 is 11.5 Å². The smallest absolute Gasteiger partial charge is 0.271 e. The molecule has 0 bridgehead atoms. The first-order chi connectivity index (χ1) is 18.0. The number of amides is 1. The quantitative estimate of drug-likeness (QED) is 0.208. The van der Waals surface area contributed by atoms with Gasteiger partial charge in [0.25, 0.3) is 11.5 Å². The number of aromatic amines is 1. The van der Waals surface area contributed by atoms with E-state index in [0.29, 0.717) is 29.0 Å². The third-order valence-corrected chi connectivity index (χ3v) is 7.52. The zero-order valence-corrected chi connectivity index (χ0v) is 22.8. The van der Waals surface area contributed by atoms with Gasteiger partial charge in [0, 0.05) is 41.5 Å². The van der Waals surface area contributed by atoms with Gasteiger partial charge in [0.1, 0.15) is 28.0 Å². The number of hydrogen-bond donors (Lipinski definition) is 6. The fraction of sp³-hybridized carbons (Fsp3) is 0.462. The maximum absolute atomic E-state index is 13.5. The van der Waals surface area contributed by atoms with E-state index in [2.05, 4.69) is 19.7 Å². The van der Waals surface area contributed by atoms with Crippen molar-refractivity contribution in [2.24, 2.45) is 33.3 Å². The molecule has 0 radical (unpaired) electrons. The van der Waals surface area contributed by atoms with Crippen LogP contribution in [0.5, 0.6) is 5.75 Å². The van der Waals surface area contributed by atoms with Gasteiger partial charge in [-0.1, -0.05) is 0 Å². The second-order valence-corrected chi connectivity index (χ2v) is 10.9. The summed E-state index contributed by atoms with van der Waals surface area (Å²) in [5, 5.41) is 23.5. The highest BCUT2D eigenvalue weighted by Gasteiger charge is 2.43. The molecule has 1 aliphatic carbocycles. The first-order valence-electron chi connectivity index (χ1n) is 12.6. The summed E-state index contributed by atoms with van der Waals surface area (Å²) < 4.78 is 2.61. The van der Waals surface area contributed by atoms with E-state index in [1.165, 1.54) is 6.07 Å². The Labute approximate surface area is 225 Å². The summed E-state index contributed by atoms with van der Waals surface area (Å²) >= 11 is 1.03. The Bertz CT molecular complexity index is 1370. The minimum atomic E-state index is -0.466. The highest BCUT2D eigenvalue weighted by molar-refractivity contribution is 7.10. The normalized spacial score (nSPS) is 19.4. The molecule has 1 saturated carbocycles. The minimum absolute atomic E-state index is 0.00911. The van der Waals surface area contributed by atoms with E-state index in [0.717, 1.165) is 35.6 Å². The number of rotatable bonds is 9. The van der Waals surface area contributed by atoms with Gasteiger partial charge in [0.2, 0.25) is 0 Å². The fourth-order valence-electron chi connectivity index (χ4n) is 4.71. The lowest BCUT2D eigenvalue weighted by molar-refractivity contribution is 0.0805. The summed E-state index contributed by atoms with van der Waals surface area (Å²) in [6.07, 6.45) is 2.21. The molecule has 4 rings (SSSR count). The van der Waals surface area contributed by atoms with Gasteiger partial charge in [-0.15, -0.1) is 0 Å². The molecular formula is C26H35N7O4S. The number of nitrogens with two attached hydrogens (primary N) is 2. The number of aromatic hydroxyl groups is 1. The maximum Gasteiger partial charge on any atom is 0.271 e. The molecule has 2 atom stereocenters. The van der Waals surface area contributed by atoms with Crippen molar-refractivity contribution in [2.45, 2.75) is 52.6 Å². The standard InChI is InChI=1S/C26H35N7O4S/c1-12(2)29-22(27)20-14(4)33(10-18(20)15-5-6-15)26(37)17-8-7-16(9-19(17)35)31-25-21(24(36)32-38-25)23(28)30-13(3)11-34/h7-9,12-13,15,18,31,34-35H,5-6,10-11H2,1-4H3,(H2,27,29)(H2,28,30)(H,32,36). The molecular weight excluding hydrogens is 506 g/mol. The molecule has 0 saturated heterocycles. The second kappa shape index (κ2) is 11.0. The number of aromatic nitrogens is 1. The van der Waals surface area contributed by atoms with E-state index >= 15 is 0 Å². The monoisotopic (exact) mass is 541 g/mol. The Balaban J connectivity index is 1.58. The highest BCUT2D eigenvalue weighted by Crippen LogP contribution is 2.46. The number of carbonyl (C=O) groups is 1. The Hall–Kier alpha value is -3.64. The van der Waals surface area contributed by atoms with E-state index in [1.807, 2.05) is 20.8 Å². The van der Waals surface area contributed by atoms with Crippen molar-refractivity contribution in [1.82, 2.24) is 9.27 Å². The topological polar surface area (TPSA) is 182 Å². The van der Waals surface area contributed by atoms with Crippen LogP contribution in [0.4, 0.5) is 10.7 Å². The van der Waals surface area contributed by atoms with Gasteiger partial charge in [-0.05, 0) is 70.1 Å². The maximum atomic E-state index is 13.5. The van der Waals surface area contributed by atoms with E-state index in [1.54, 1.807) is 24.0 Å². The number of aliphatic hydroxyl groups is 1. The van der Waals surface area contributed by atoms with Crippen molar-refractivity contribution in [2.75, 3.05) is 18.5 Å². The number of phenols is 1. The van der Waals surface area contributed by atoms with Crippen LogP contribution in [0.1, 0.15) is 56.5 Å². The van der Waals surface area contributed by atoms with Crippen LogP contribution in [-0.4, -0.2) is 62.3 Å². The lowest BCUT2D eigenvalue weighted by Gasteiger charge is -2.20. The molecule has 2 unspecified atom stereocenters. The molecule has 38 heavy (non-hydrogen) atoms. The van der Waals surface area contributed by atoms with Gasteiger partial charge in [-0.3, -0.25) is 23.9 Å². The number of H-pyrrole nitrogens is 1. The highest BCUT2D eigenvalue weighted by atomic mass is 32.1.